The van der Waals surface area contributed by atoms with Crippen LogP contribution in [-0.2, 0) is 12.1 Å². The van der Waals surface area contributed by atoms with Gasteiger partial charge in [-0.3, -0.25) is 4.90 Å². The van der Waals surface area contributed by atoms with Gasteiger partial charge in [-0.1, -0.05) is 11.6 Å². The van der Waals surface area contributed by atoms with Crippen LogP contribution in [0.3, 0.4) is 0 Å². The smallest absolute Gasteiger partial charge is 0.137 e. The molecule has 0 radical (unpaired) electrons. The fourth-order valence-electron chi connectivity index (χ4n) is 1.67. The van der Waals surface area contributed by atoms with E-state index in [0.29, 0.717) is 5.15 Å². The third kappa shape index (κ3) is 1.49. The van der Waals surface area contributed by atoms with Gasteiger partial charge in [0, 0.05) is 12.1 Å². The zero-order valence-electron chi connectivity index (χ0n) is 8.41. The second-order valence-corrected chi connectivity index (χ2v) is 4.26. The molecule has 0 bridgehead atoms. The van der Waals surface area contributed by atoms with Gasteiger partial charge in [0.25, 0.3) is 0 Å². The van der Waals surface area contributed by atoms with Crippen molar-refractivity contribution in [3.05, 3.63) is 22.7 Å². The highest BCUT2D eigenvalue weighted by Gasteiger charge is 2.37. The highest BCUT2D eigenvalue weighted by atomic mass is 35.5. The maximum atomic E-state index is 5.98. The molecule has 0 amide bonds. The lowest BCUT2D eigenvalue weighted by Gasteiger charge is -2.27. The Morgan fingerprint density at radius 2 is 2.07 bits per heavy atom. The molecule has 0 atom stereocenters. The van der Waals surface area contributed by atoms with Crippen molar-refractivity contribution in [2.24, 2.45) is 0 Å². The molecule has 0 fully saturated rings. The van der Waals surface area contributed by atoms with E-state index < -0.39 is 0 Å². The summed E-state index contributed by atoms with van der Waals surface area (Å²) in [6.45, 7) is 5.12. The summed E-state index contributed by atoms with van der Waals surface area (Å²) in [6, 6.07) is 0. The van der Waals surface area contributed by atoms with Crippen molar-refractivity contribution in [1.82, 2.24) is 14.9 Å². The lowest BCUT2D eigenvalue weighted by Crippen LogP contribution is -2.32. The highest BCUT2D eigenvalue weighted by molar-refractivity contribution is 6.30. The van der Waals surface area contributed by atoms with Crippen molar-refractivity contribution in [3.8, 4) is 0 Å². The zero-order valence-corrected chi connectivity index (χ0v) is 9.98. The van der Waals surface area contributed by atoms with E-state index >= 15 is 0 Å². The summed E-state index contributed by atoms with van der Waals surface area (Å²) in [4.78, 5) is 10.5. The average molecular weight is 234 g/mol. The summed E-state index contributed by atoms with van der Waals surface area (Å²) >= 11 is 5.98. The van der Waals surface area contributed by atoms with E-state index in [1.54, 1.807) is 0 Å². The van der Waals surface area contributed by atoms with E-state index in [-0.39, 0.29) is 17.9 Å². The summed E-state index contributed by atoms with van der Waals surface area (Å²) in [6.07, 6.45) is 1.53. The first-order chi connectivity index (χ1) is 6.03. The summed E-state index contributed by atoms with van der Waals surface area (Å²) in [5, 5.41) is 0.586. The Kier molecular flexibility index (Phi) is 3.04. The van der Waals surface area contributed by atoms with Crippen LogP contribution in [0.2, 0.25) is 5.15 Å². The molecule has 1 aliphatic rings. The van der Waals surface area contributed by atoms with Crippen molar-refractivity contribution >= 4 is 24.0 Å². The van der Waals surface area contributed by atoms with Gasteiger partial charge in [0.05, 0.1) is 11.2 Å². The molecule has 0 saturated carbocycles. The normalized spacial score (nSPS) is 18.9. The highest BCUT2D eigenvalue weighted by Crippen LogP contribution is 2.37. The van der Waals surface area contributed by atoms with Crippen molar-refractivity contribution in [1.29, 1.82) is 0 Å². The van der Waals surface area contributed by atoms with Gasteiger partial charge in [-0.25, -0.2) is 9.97 Å². The Labute approximate surface area is 94.9 Å². The lowest BCUT2D eigenvalue weighted by atomic mass is 10.0. The SMILES string of the molecule is CN1Cc2c(Cl)ncnc2C1(C)C.Cl. The largest absolute Gasteiger partial charge is 0.291 e. The lowest BCUT2D eigenvalue weighted by molar-refractivity contribution is 0.175. The quantitative estimate of drug-likeness (QED) is 0.644. The second kappa shape index (κ2) is 3.65. The van der Waals surface area contributed by atoms with E-state index in [2.05, 4.69) is 35.8 Å². The molecule has 0 unspecified atom stereocenters. The molecule has 1 aromatic heterocycles. The van der Waals surface area contributed by atoms with Gasteiger partial charge >= 0.3 is 0 Å². The number of fused-ring (bicyclic) bond motifs is 1. The third-order valence-electron chi connectivity index (χ3n) is 2.82. The van der Waals surface area contributed by atoms with E-state index in [9.17, 15) is 0 Å². The molecular weight excluding hydrogens is 221 g/mol. The molecule has 78 valence electrons. The minimum Gasteiger partial charge on any atom is -0.291 e. The molecule has 0 aliphatic carbocycles. The molecule has 0 saturated heterocycles. The Morgan fingerprint density at radius 1 is 1.43 bits per heavy atom. The first-order valence-corrected chi connectivity index (χ1v) is 4.62. The van der Waals surface area contributed by atoms with Crippen molar-refractivity contribution in [3.63, 3.8) is 0 Å². The van der Waals surface area contributed by atoms with Gasteiger partial charge in [-0.15, -0.1) is 12.4 Å². The van der Waals surface area contributed by atoms with Crippen molar-refractivity contribution < 1.29 is 0 Å². The van der Waals surface area contributed by atoms with Crippen LogP contribution < -0.4 is 0 Å². The minimum absolute atomic E-state index is 0. The van der Waals surface area contributed by atoms with Crippen molar-refractivity contribution in [2.45, 2.75) is 25.9 Å². The third-order valence-corrected chi connectivity index (χ3v) is 3.15. The molecule has 1 aliphatic heterocycles. The monoisotopic (exact) mass is 233 g/mol. The second-order valence-electron chi connectivity index (χ2n) is 3.91. The number of halogens is 2. The molecule has 14 heavy (non-hydrogen) atoms. The van der Waals surface area contributed by atoms with E-state index in [1.807, 2.05) is 0 Å². The topological polar surface area (TPSA) is 29.0 Å². The Morgan fingerprint density at radius 3 is 2.64 bits per heavy atom. The Hall–Kier alpha value is -0.380. The number of nitrogens with zero attached hydrogens (tertiary/aromatic N) is 3. The molecule has 0 aromatic carbocycles. The molecule has 2 heterocycles. The van der Waals surface area contributed by atoms with Crippen LogP contribution in [0, 0.1) is 0 Å². The molecule has 5 heteroatoms. The van der Waals surface area contributed by atoms with Gasteiger partial charge in [0.15, 0.2) is 0 Å². The van der Waals surface area contributed by atoms with Gasteiger partial charge < -0.3 is 0 Å². The van der Waals surface area contributed by atoms with Gasteiger partial charge in [-0.05, 0) is 20.9 Å². The predicted molar refractivity (Wildman–Crippen MR) is 58.8 cm³/mol. The Bertz CT molecular complexity index is 352. The van der Waals surface area contributed by atoms with Gasteiger partial charge in [-0.2, -0.15) is 0 Å². The average Bonchev–Trinajstić information content (AvgIpc) is 2.28. The van der Waals surface area contributed by atoms with Crippen LogP contribution >= 0.6 is 24.0 Å². The molecule has 3 nitrogen and oxygen atoms in total. The molecule has 0 spiro atoms. The van der Waals surface area contributed by atoms with Crippen LogP contribution in [0.1, 0.15) is 25.1 Å². The first-order valence-electron chi connectivity index (χ1n) is 4.24. The van der Waals surface area contributed by atoms with Gasteiger partial charge in [0.2, 0.25) is 0 Å². The maximum Gasteiger partial charge on any atom is 0.137 e. The van der Waals surface area contributed by atoms with Crippen LogP contribution in [0.4, 0.5) is 0 Å². The first kappa shape index (κ1) is 11.7. The number of aromatic nitrogens is 2. The summed E-state index contributed by atoms with van der Waals surface area (Å²) < 4.78 is 0. The van der Waals surface area contributed by atoms with E-state index in [4.69, 9.17) is 11.6 Å². The number of rotatable bonds is 0. The van der Waals surface area contributed by atoms with E-state index in [1.165, 1.54) is 6.33 Å². The van der Waals surface area contributed by atoms with Crippen LogP contribution in [0.25, 0.3) is 0 Å². The maximum absolute atomic E-state index is 5.98. The fraction of sp³-hybridized carbons (Fsp3) is 0.556. The molecule has 1 aromatic rings. The van der Waals surface area contributed by atoms with Crippen molar-refractivity contribution in [2.75, 3.05) is 7.05 Å². The molecular formula is C9H13Cl2N3. The summed E-state index contributed by atoms with van der Waals surface area (Å²) in [5.41, 5.74) is 2.09. The van der Waals surface area contributed by atoms with Crippen LogP contribution in [0.5, 0.6) is 0 Å². The standard InChI is InChI=1S/C9H12ClN3.ClH/c1-9(2)7-6(4-13(9)3)8(10)12-5-11-7;/h5H,4H2,1-3H3;1H. The van der Waals surface area contributed by atoms with Crippen LogP contribution in [0.15, 0.2) is 6.33 Å². The molecule has 0 N–H and O–H groups in total. The summed E-state index contributed by atoms with van der Waals surface area (Å²) in [5.74, 6) is 0. The molecule has 2 rings (SSSR count). The van der Waals surface area contributed by atoms with E-state index in [0.717, 1.165) is 17.8 Å². The minimum atomic E-state index is -0.0259. The van der Waals surface area contributed by atoms with Gasteiger partial charge in [0.1, 0.15) is 11.5 Å². The van der Waals surface area contributed by atoms with Crippen LogP contribution in [-0.4, -0.2) is 21.9 Å². The fourth-order valence-corrected chi connectivity index (χ4v) is 1.87. The number of hydrogen-bond donors (Lipinski definition) is 0. The Balaban J connectivity index is 0.000000980. The zero-order chi connectivity index (χ0) is 9.64. The number of hydrogen-bond acceptors (Lipinski definition) is 3. The predicted octanol–water partition coefficient (Wildman–Crippen LogP) is 2.23. The summed E-state index contributed by atoms with van der Waals surface area (Å²) in [7, 11) is 2.07.